The van der Waals surface area contributed by atoms with Crippen LogP contribution in [0, 0.1) is 0 Å². The molecule has 0 bridgehead atoms. The summed E-state index contributed by atoms with van der Waals surface area (Å²) in [6, 6.07) is 8.65. The van der Waals surface area contributed by atoms with Crippen molar-refractivity contribution in [1.29, 1.82) is 0 Å². The lowest BCUT2D eigenvalue weighted by Gasteiger charge is -2.04. The summed E-state index contributed by atoms with van der Waals surface area (Å²) < 4.78 is 22.8. The highest BCUT2D eigenvalue weighted by atomic mass is 32.2. The molecule has 1 rings (SSSR count). The quantitative estimate of drug-likeness (QED) is 0.694. The van der Waals surface area contributed by atoms with E-state index in [0.29, 0.717) is 5.56 Å². The van der Waals surface area contributed by atoms with Gasteiger partial charge in [-0.1, -0.05) is 30.3 Å². The molecule has 4 nitrogen and oxygen atoms in total. The van der Waals surface area contributed by atoms with Crippen LogP contribution >= 0.6 is 0 Å². The Morgan fingerprint density at radius 3 is 2.33 bits per heavy atom. The number of sulfone groups is 1. The number of carboxylic acid groups (broad SMARTS) is 1. The maximum Gasteiger partial charge on any atom is 0.154 e. The van der Waals surface area contributed by atoms with Gasteiger partial charge >= 0.3 is 0 Å². The van der Waals surface area contributed by atoms with Gasteiger partial charge in [0.25, 0.3) is 0 Å². The summed E-state index contributed by atoms with van der Waals surface area (Å²) >= 11 is 0. The zero-order valence-corrected chi connectivity index (χ0v) is 8.87. The highest BCUT2D eigenvalue weighted by Crippen LogP contribution is 2.06. The summed E-state index contributed by atoms with van der Waals surface area (Å²) in [6.45, 7) is 0. The number of rotatable bonds is 5. The Hall–Kier alpha value is -1.36. The van der Waals surface area contributed by atoms with Gasteiger partial charge in [0.05, 0.1) is 11.5 Å². The third-order valence-electron chi connectivity index (χ3n) is 1.85. The van der Waals surface area contributed by atoms with Crippen LogP contribution in [-0.2, 0) is 20.4 Å². The van der Waals surface area contributed by atoms with Crippen molar-refractivity contribution in [1.82, 2.24) is 0 Å². The average molecular weight is 227 g/mol. The van der Waals surface area contributed by atoms with Gasteiger partial charge in [0.15, 0.2) is 9.84 Å². The molecule has 0 radical (unpaired) electrons. The largest absolute Gasteiger partial charge is 0.550 e. The highest BCUT2D eigenvalue weighted by Gasteiger charge is 2.11. The van der Waals surface area contributed by atoms with Gasteiger partial charge in [-0.15, -0.1) is 0 Å². The Kier molecular flexibility index (Phi) is 3.85. The third kappa shape index (κ3) is 4.60. The molecule has 0 spiro atoms. The summed E-state index contributed by atoms with van der Waals surface area (Å²) in [7, 11) is -3.35. The smallest absolute Gasteiger partial charge is 0.154 e. The second kappa shape index (κ2) is 4.93. The molecule has 1 aromatic rings. The van der Waals surface area contributed by atoms with Gasteiger partial charge < -0.3 is 9.90 Å². The first-order valence-electron chi connectivity index (χ1n) is 4.44. The Labute approximate surface area is 88.5 Å². The monoisotopic (exact) mass is 227 g/mol. The van der Waals surface area contributed by atoms with E-state index in [1.54, 1.807) is 30.3 Å². The molecule has 82 valence electrons. The lowest BCUT2D eigenvalue weighted by atomic mass is 10.2. The second-order valence-corrected chi connectivity index (χ2v) is 5.38. The van der Waals surface area contributed by atoms with Crippen LogP contribution in [0.3, 0.4) is 0 Å². The molecule has 0 aliphatic heterocycles. The van der Waals surface area contributed by atoms with Crippen LogP contribution in [0.1, 0.15) is 12.0 Å². The van der Waals surface area contributed by atoms with Crippen LogP contribution in [0.2, 0.25) is 0 Å². The molecule has 0 heterocycles. The first kappa shape index (κ1) is 11.7. The Morgan fingerprint density at radius 1 is 1.20 bits per heavy atom. The molecular formula is C10H11O4S-. The van der Waals surface area contributed by atoms with Crippen molar-refractivity contribution in [2.24, 2.45) is 0 Å². The molecule has 0 atom stereocenters. The molecule has 0 fully saturated rings. The number of carbonyl (C=O) groups is 1. The predicted molar refractivity (Wildman–Crippen MR) is 53.6 cm³/mol. The maximum absolute atomic E-state index is 11.4. The molecule has 0 N–H and O–H groups in total. The third-order valence-corrected chi connectivity index (χ3v) is 3.45. The van der Waals surface area contributed by atoms with Crippen molar-refractivity contribution < 1.29 is 18.3 Å². The van der Waals surface area contributed by atoms with E-state index in [1.165, 1.54) is 0 Å². The molecular weight excluding hydrogens is 216 g/mol. The first-order chi connectivity index (χ1) is 6.99. The van der Waals surface area contributed by atoms with E-state index < -0.39 is 22.2 Å². The molecule has 0 aromatic heterocycles. The van der Waals surface area contributed by atoms with Crippen molar-refractivity contribution in [2.75, 3.05) is 5.75 Å². The Morgan fingerprint density at radius 2 is 1.80 bits per heavy atom. The molecule has 0 aliphatic rings. The van der Waals surface area contributed by atoms with Crippen LogP contribution in [0.4, 0.5) is 0 Å². The molecule has 0 unspecified atom stereocenters. The number of carbonyl (C=O) groups excluding carboxylic acids is 1. The standard InChI is InChI=1S/C10H12O4S/c11-10(12)6-7-15(13,14)8-9-4-2-1-3-5-9/h1-5H,6-8H2,(H,11,12)/p-1. The van der Waals surface area contributed by atoms with Crippen LogP contribution in [0.15, 0.2) is 30.3 Å². The van der Waals surface area contributed by atoms with E-state index in [2.05, 4.69) is 0 Å². The van der Waals surface area contributed by atoms with E-state index >= 15 is 0 Å². The summed E-state index contributed by atoms with van der Waals surface area (Å²) in [4.78, 5) is 10.1. The van der Waals surface area contributed by atoms with Gasteiger partial charge in [0, 0.05) is 12.4 Å². The fourth-order valence-corrected chi connectivity index (χ4v) is 2.46. The predicted octanol–water partition coefficient (Wildman–Crippen LogP) is -0.259. The zero-order valence-electron chi connectivity index (χ0n) is 8.05. The van der Waals surface area contributed by atoms with E-state index in [4.69, 9.17) is 0 Å². The van der Waals surface area contributed by atoms with Crippen LogP contribution < -0.4 is 5.11 Å². The molecule has 0 saturated carbocycles. The molecule has 15 heavy (non-hydrogen) atoms. The van der Waals surface area contributed by atoms with Gasteiger partial charge in [0.2, 0.25) is 0 Å². The zero-order chi connectivity index (χ0) is 11.3. The lowest BCUT2D eigenvalue weighted by Crippen LogP contribution is -2.25. The van der Waals surface area contributed by atoms with E-state index in [-0.39, 0.29) is 11.5 Å². The molecule has 0 aliphatic carbocycles. The number of hydrogen-bond acceptors (Lipinski definition) is 4. The minimum Gasteiger partial charge on any atom is -0.550 e. The van der Waals surface area contributed by atoms with Gasteiger partial charge in [-0.05, 0) is 5.56 Å². The fraction of sp³-hybridized carbons (Fsp3) is 0.300. The van der Waals surface area contributed by atoms with Crippen LogP contribution in [0.25, 0.3) is 0 Å². The summed E-state index contributed by atoms with van der Waals surface area (Å²) in [6.07, 6.45) is -0.449. The number of hydrogen-bond donors (Lipinski definition) is 0. The SMILES string of the molecule is O=C([O-])CCS(=O)(=O)Cc1ccccc1. The molecule has 5 heteroatoms. The Bertz CT molecular complexity index is 422. The minimum absolute atomic E-state index is 0.124. The summed E-state index contributed by atoms with van der Waals surface area (Å²) in [5.41, 5.74) is 0.663. The normalized spacial score (nSPS) is 11.2. The van der Waals surface area contributed by atoms with E-state index in [1.807, 2.05) is 0 Å². The Balaban J connectivity index is 2.61. The average Bonchev–Trinajstić information content (AvgIpc) is 2.16. The van der Waals surface area contributed by atoms with E-state index in [0.717, 1.165) is 0 Å². The lowest BCUT2D eigenvalue weighted by molar-refractivity contribution is -0.305. The van der Waals surface area contributed by atoms with Crippen molar-refractivity contribution in [3.63, 3.8) is 0 Å². The number of aliphatic carboxylic acids is 1. The number of benzene rings is 1. The number of carboxylic acids is 1. The molecule has 0 amide bonds. The molecule has 1 aromatic carbocycles. The van der Waals surface area contributed by atoms with Gasteiger partial charge in [-0.25, -0.2) is 8.42 Å². The second-order valence-electron chi connectivity index (χ2n) is 3.20. The van der Waals surface area contributed by atoms with Crippen molar-refractivity contribution in [2.45, 2.75) is 12.2 Å². The van der Waals surface area contributed by atoms with Crippen LogP contribution in [-0.4, -0.2) is 20.1 Å². The van der Waals surface area contributed by atoms with Crippen molar-refractivity contribution in [3.8, 4) is 0 Å². The maximum atomic E-state index is 11.4. The van der Waals surface area contributed by atoms with E-state index in [9.17, 15) is 18.3 Å². The highest BCUT2D eigenvalue weighted by molar-refractivity contribution is 7.90. The summed E-state index contributed by atoms with van der Waals surface area (Å²) in [5, 5.41) is 10.1. The van der Waals surface area contributed by atoms with Crippen LogP contribution in [0.5, 0.6) is 0 Å². The van der Waals surface area contributed by atoms with Crippen molar-refractivity contribution >= 4 is 15.8 Å². The van der Waals surface area contributed by atoms with Crippen molar-refractivity contribution in [3.05, 3.63) is 35.9 Å². The fourth-order valence-electron chi connectivity index (χ4n) is 1.14. The minimum atomic E-state index is -3.35. The topological polar surface area (TPSA) is 74.3 Å². The van der Waals surface area contributed by atoms with Gasteiger partial charge in [-0.3, -0.25) is 0 Å². The van der Waals surface area contributed by atoms with Gasteiger partial charge in [-0.2, -0.15) is 0 Å². The summed E-state index contributed by atoms with van der Waals surface area (Å²) in [5.74, 6) is -1.84. The first-order valence-corrected chi connectivity index (χ1v) is 6.26. The molecule has 0 saturated heterocycles. The van der Waals surface area contributed by atoms with Gasteiger partial charge in [0.1, 0.15) is 0 Å².